The van der Waals surface area contributed by atoms with Gasteiger partial charge in [-0.15, -0.1) is 0 Å². The molecule has 0 bridgehead atoms. The third-order valence-electron chi connectivity index (χ3n) is 2.14. The Morgan fingerprint density at radius 1 is 1.59 bits per heavy atom. The molecular weight excluding hydrogens is 258 g/mol. The predicted molar refractivity (Wildman–Crippen MR) is 75.2 cm³/mol. The van der Waals surface area contributed by atoms with Crippen LogP contribution >= 0.6 is 23.4 Å². The van der Waals surface area contributed by atoms with E-state index < -0.39 is 0 Å². The molecule has 1 rings (SSSR count). The first-order valence-electron chi connectivity index (χ1n) is 5.54. The summed E-state index contributed by atoms with van der Waals surface area (Å²) in [5.74, 6) is 1.33. The van der Waals surface area contributed by atoms with E-state index in [0.29, 0.717) is 18.2 Å². The largest absolute Gasteiger partial charge is 0.382 e. The Morgan fingerprint density at radius 3 is 2.88 bits per heavy atom. The monoisotopic (exact) mass is 275 g/mol. The van der Waals surface area contributed by atoms with Crippen LogP contribution in [0.3, 0.4) is 0 Å². The third kappa shape index (κ3) is 4.24. The normalized spacial score (nSPS) is 10.9. The molecule has 0 fully saturated rings. The van der Waals surface area contributed by atoms with Gasteiger partial charge in [0.15, 0.2) is 0 Å². The Morgan fingerprint density at radius 2 is 2.29 bits per heavy atom. The number of anilines is 1. The molecule has 1 aromatic rings. The Labute approximate surface area is 111 Å². The molecule has 0 atom stereocenters. The van der Waals surface area contributed by atoms with E-state index in [2.05, 4.69) is 10.4 Å². The first-order chi connectivity index (χ1) is 8.06. The van der Waals surface area contributed by atoms with Gasteiger partial charge in [-0.2, -0.15) is 16.9 Å². The van der Waals surface area contributed by atoms with Gasteiger partial charge in [-0.1, -0.05) is 25.4 Å². The number of halogens is 1. The van der Waals surface area contributed by atoms with Crippen molar-refractivity contribution in [3.63, 3.8) is 0 Å². The second kappa shape index (κ2) is 6.91. The third-order valence-corrected chi connectivity index (χ3v) is 3.12. The Hall–Kier alpha value is -0.680. The maximum atomic E-state index is 11.9. The van der Waals surface area contributed by atoms with Crippen LogP contribution in [0.25, 0.3) is 0 Å². The molecule has 17 heavy (non-hydrogen) atoms. The molecule has 0 aliphatic carbocycles. The summed E-state index contributed by atoms with van der Waals surface area (Å²) in [6.45, 7) is 5.43. The van der Waals surface area contributed by atoms with Crippen LogP contribution < -0.4 is 10.9 Å². The number of rotatable bonds is 6. The van der Waals surface area contributed by atoms with Crippen molar-refractivity contribution in [3.05, 3.63) is 21.6 Å². The maximum Gasteiger partial charge on any atom is 0.287 e. The fourth-order valence-corrected chi connectivity index (χ4v) is 1.87. The molecule has 0 radical (unpaired) electrons. The van der Waals surface area contributed by atoms with Crippen LogP contribution in [0.15, 0.2) is 11.0 Å². The number of thioether (sulfide) groups is 1. The highest BCUT2D eigenvalue weighted by Gasteiger charge is 2.09. The highest BCUT2D eigenvalue weighted by atomic mass is 35.5. The van der Waals surface area contributed by atoms with Crippen molar-refractivity contribution in [3.8, 4) is 0 Å². The van der Waals surface area contributed by atoms with Gasteiger partial charge in [-0.3, -0.25) is 4.79 Å². The molecule has 0 aromatic carbocycles. The average molecular weight is 276 g/mol. The Bertz CT molecular complexity index is 420. The van der Waals surface area contributed by atoms with Crippen molar-refractivity contribution >= 4 is 29.1 Å². The van der Waals surface area contributed by atoms with Crippen molar-refractivity contribution in [1.29, 1.82) is 0 Å². The first-order valence-corrected chi connectivity index (χ1v) is 7.32. The number of nitrogens with zero attached hydrogens (tertiary/aromatic N) is 2. The fourth-order valence-electron chi connectivity index (χ4n) is 1.35. The van der Waals surface area contributed by atoms with E-state index in [-0.39, 0.29) is 10.6 Å². The molecule has 1 aromatic heterocycles. The van der Waals surface area contributed by atoms with E-state index in [1.54, 1.807) is 18.0 Å². The fraction of sp³-hybridized carbons (Fsp3) is 0.636. The van der Waals surface area contributed by atoms with Gasteiger partial charge < -0.3 is 5.32 Å². The number of hydrogen-bond donors (Lipinski definition) is 1. The van der Waals surface area contributed by atoms with Crippen LogP contribution in [0.1, 0.15) is 13.8 Å². The smallest absolute Gasteiger partial charge is 0.287 e. The van der Waals surface area contributed by atoms with Gasteiger partial charge in [0.2, 0.25) is 0 Å². The molecule has 96 valence electrons. The summed E-state index contributed by atoms with van der Waals surface area (Å²) in [5, 5.41) is 7.44. The second-order valence-electron chi connectivity index (χ2n) is 4.17. The molecule has 0 aliphatic rings. The van der Waals surface area contributed by atoms with Gasteiger partial charge in [0.25, 0.3) is 5.56 Å². The summed E-state index contributed by atoms with van der Waals surface area (Å²) < 4.78 is 1.41. The van der Waals surface area contributed by atoms with Crippen molar-refractivity contribution < 1.29 is 0 Å². The summed E-state index contributed by atoms with van der Waals surface area (Å²) in [6, 6.07) is 0. The zero-order valence-corrected chi connectivity index (χ0v) is 11.9. The molecule has 1 N–H and O–H groups in total. The Kier molecular flexibility index (Phi) is 5.85. The average Bonchev–Trinajstić information content (AvgIpc) is 2.28. The highest BCUT2D eigenvalue weighted by molar-refractivity contribution is 7.98. The molecule has 0 saturated carbocycles. The minimum absolute atomic E-state index is 0.224. The summed E-state index contributed by atoms with van der Waals surface area (Å²) in [7, 11) is 0. The van der Waals surface area contributed by atoms with E-state index in [1.165, 1.54) is 4.68 Å². The molecular formula is C11H18ClN3OS. The van der Waals surface area contributed by atoms with Gasteiger partial charge in [-0.25, -0.2) is 4.68 Å². The van der Waals surface area contributed by atoms with E-state index in [4.69, 9.17) is 11.6 Å². The lowest BCUT2D eigenvalue weighted by Gasteiger charge is -2.11. The topological polar surface area (TPSA) is 46.9 Å². The lowest BCUT2D eigenvalue weighted by atomic mass is 10.2. The minimum Gasteiger partial charge on any atom is -0.382 e. The van der Waals surface area contributed by atoms with E-state index in [0.717, 1.165) is 12.3 Å². The van der Waals surface area contributed by atoms with Gasteiger partial charge in [0.1, 0.15) is 5.02 Å². The minimum atomic E-state index is -0.227. The SMILES string of the molecule is CSCCNc1cnn(CC(C)C)c(=O)c1Cl. The summed E-state index contributed by atoms with van der Waals surface area (Å²) in [4.78, 5) is 11.9. The molecule has 0 saturated heterocycles. The van der Waals surface area contributed by atoms with Crippen LogP contribution in [0.5, 0.6) is 0 Å². The molecule has 1 heterocycles. The number of aromatic nitrogens is 2. The maximum absolute atomic E-state index is 11.9. The zero-order valence-electron chi connectivity index (χ0n) is 10.4. The summed E-state index contributed by atoms with van der Waals surface area (Å²) in [5.41, 5.74) is 0.389. The molecule has 0 amide bonds. The standard InChI is InChI=1S/C11H18ClN3OS/c1-8(2)7-15-11(16)10(12)9(6-14-15)13-4-5-17-3/h6,8,13H,4-5,7H2,1-3H3. The molecule has 4 nitrogen and oxygen atoms in total. The molecule has 0 unspecified atom stereocenters. The van der Waals surface area contributed by atoms with E-state index in [1.807, 2.05) is 20.1 Å². The van der Waals surface area contributed by atoms with Gasteiger partial charge in [0, 0.05) is 18.8 Å². The van der Waals surface area contributed by atoms with Crippen molar-refractivity contribution in [2.45, 2.75) is 20.4 Å². The van der Waals surface area contributed by atoms with Crippen LogP contribution in [0.4, 0.5) is 5.69 Å². The number of nitrogens with one attached hydrogen (secondary N) is 1. The highest BCUT2D eigenvalue weighted by Crippen LogP contribution is 2.15. The molecule has 0 spiro atoms. The van der Waals surface area contributed by atoms with Gasteiger partial charge >= 0.3 is 0 Å². The van der Waals surface area contributed by atoms with Crippen molar-refractivity contribution in [1.82, 2.24) is 9.78 Å². The summed E-state index contributed by atoms with van der Waals surface area (Å²) in [6.07, 6.45) is 3.65. The van der Waals surface area contributed by atoms with Crippen LogP contribution in [0, 0.1) is 5.92 Å². The Balaban J connectivity index is 2.83. The first kappa shape index (κ1) is 14.4. The molecule has 6 heteroatoms. The van der Waals surface area contributed by atoms with Crippen molar-refractivity contribution in [2.24, 2.45) is 5.92 Å². The second-order valence-corrected chi connectivity index (χ2v) is 5.54. The summed E-state index contributed by atoms with van der Waals surface area (Å²) >= 11 is 7.75. The van der Waals surface area contributed by atoms with Crippen molar-refractivity contribution in [2.75, 3.05) is 23.9 Å². The lowest BCUT2D eigenvalue weighted by molar-refractivity contribution is 0.464. The lowest BCUT2D eigenvalue weighted by Crippen LogP contribution is -2.26. The quantitative estimate of drug-likeness (QED) is 0.810. The van der Waals surface area contributed by atoms with Crippen LogP contribution in [-0.4, -0.2) is 28.3 Å². The van der Waals surface area contributed by atoms with Gasteiger partial charge in [-0.05, 0) is 12.2 Å². The zero-order chi connectivity index (χ0) is 12.8. The van der Waals surface area contributed by atoms with E-state index >= 15 is 0 Å². The van der Waals surface area contributed by atoms with Crippen LogP contribution in [-0.2, 0) is 6.54 Å². The predicted octanol–water partition coefficient (Wildman–Crippen LogP) is 2.33. The van der Waals surface area contributed by atoms with Gasteiger partial charge in [0.05, 0.1) is 11.9 Å². The number of hydrogen-bond acceptors (Lipinski definition) is 4. The van der Waals surface area contributed by atoms with Crippen LogP contribution in [0.2, 0.25) is 5.02 Å². The van der Waals surface area contributed by atoms with E-state index in [9.17, 15) is 4.79 Å². The molecule has 0 aliphatic heterocycles.